The summed E-state index contributed by atoms with van der Waals surface area (Å²) in [6.45, 7) is 5.11. The zero-order chi connectivity index (χ0) is 12.8. The molecule has 18 heavy (non-hydrogen) atoms. The first-order valence-electron chi connectivity index (χ1n) is 6.23. The van der Waals surface area contributed by atoms with Crippen molar-refractivity contribution in [1.29, 1.82) is 0 Å². The molecule has 0 bridgehead atoms. The molecule has 1 atom stereocenters. The van der Waals surface area contributed by atoms with Crippen molar-refractivity contribution in [3.05, 3.63) is 53.9 Å². The third kappa shape index (κ3) is 2.90. The number of aromatic nitrogens is 3. The van der Waals surface area contributed by atoms with Crippen LogP contribution in [0.1, 0.15) is 36.3 Å². The minimum absolute atomic E-state index is 0.0624. The van der Waals surface area contributed by atoms with Crippen LogP contribution in [-0.2, 0) is 0 Å². The highest BCUT2D eigenvalue weighted by atomic mass is 15.0. The summed E-state index contributed by atoms with van der Waals surface area (Å²) in [6.07, 6.45) is 8.11. The second-order valence-corrected chi connectivity index (χ2v) is 4.20. The standard InChI is InChI=1S/C14H18N4/c1-3-6-18-14(13-10-15-8-9-17-13)12-5-4-7-16-11(12)2/h4-5,7-10,14,18H,3,6H2,1-2H3. The van der Waals surface area contributed by atoms with E-state index < -0.39 is 0 Å². The fraction of sp³-hybridized carbons (Fsp3) is 0.357. The molecule has 94 valence electrons. The highest BCUT2D eigenvalue weighted by Gasteiger charge is 2.16. The smallest absolute Gasteiger partial charge is 0.0802 e. The molecular weight excluding hydrogens is 224 g/mol. The van der Waals surface area contributed by atoms with Crippen molar-refractivity contribution >= 4 is 0 Å². The van der Waals surface area contributed by atoms with Crippen molar-refractivity contribution in [3.8, 4) is 0 Å². The predicted molar refractivity (Wildman–Crippen MR) is 71.1 cm³/mol. The first-order chi connectivity index (χ1) is 8.83. The number of rotatable bonds is 5. The number of nitrogens with one attached hydrogen (secondary N) is 1. The van der Waals surface area contributed by atoms with Crippen molar-refractivity contribution in [2.24, 2.45) is 0 Å². The van der Waals surface area contributed by atoms with Gasteiger partial charge in [-0.1, -0.05) is 13.0 Å². The summed E-state index contributed by atoms with van der Waals surface area (Å²) < 4.78 is 0. The average Bonchev–Trinajstić information content (AvgIpc) is 2.42. The van der Waals surface area contributed by atoms with E-state index in [9.17, 15) is 0 Å². The van der Waals surface area contributed by atoms with Gasteiger partial charge in [0.25, 0.3) is 0 Å². The maximum atomic E-state index is 4.40. The molecule has 4 heteroatoms. The first kappa shape index (κ1) is 12.6. The molecular formula is C14H18N4. The molecule has 0 saturated carbocycles. The van der Waals surface area contributed by atoms with Gasteiger partial charge in [-0.25, -0.2) is 0 Å². The molecule has 2 rings (SSSR count). The molecule has 0 aliphatic rings. The molecule has 2 aromatic rings. The Morgan fingerprint density at radius 3 is 2.78 bits per heavy atom. The molecule has 0 amide bonds. The van der Waals surface area contributed by atoms with Gasteiger partial charge < -0.3 is 5.32 Å². The van der Waals surface area contributed by atoms with Crippen molar-refractivity contribution in [2.45, 2.75) is 26.3 Å². The maximum absolute atomic E-state index is 4.40. The SMILES string of the molecule is CCCNC(c1cnccn1)c1cccnc1C. The summed E-state index contributed by atoms with van der Waals surface area (Å²) >= 11 is 0. The minimum Gasteiger partial charge on any atom is -0.305 e. The summed E-state index contributed by atoms with van der Waals surface area (Å²) in [5, 5.41) is 3.50. The zero-order valence-corrected chi connectivity index (χ0v) is 10.8. The van der Waals surface area contributed by atoms with Gasteiger partial charge in [-0.3, -0.25) is 15.0 Å². The first-order valence-corrected chi connectivity index (χ1v) is 6.23. The Hall–Kier alpha value is -1.81. The molecule has 1 unspecified atom stereocenters. The molecule has 0 aromatic carbocycles. The van der Waals surface area contributed by atoms with Crippen LogP contribution in [0.15, 0.2) is 36.9 Å². The number of nitrogens with zero attached hydrogens (tertiary/aromatic N) is 3. The van der Waals surface area contributed by atoms with Crippen LogP contribution in [0, 0.1) is 6.92 Å². The number of pyridine rings is 1. The van der Waals surface area contributed by atoms with Crippen molar-refractivity contribution < 1.29 is 0 Å². The summed E-state index contributed by atoms with van der Waals surface area (Å²) in [5.74, 6) is 0. The molecule has 0 fully saturated rings. The summed E-state index contributed by atoms with van der Waals surface area (Å²) in [5.41, 5.74) is 3.12. The highest BCUT2D eigenvalue weighted by molar-refractivity contribution is 5.29. The number of hydrogen-bond donors (Lipinski definition) is 1. The van der Waals surface area contributed by atoms with Crippen LogP contribution in [0.25, 0.3) is 0 Å². The molecule has 0 radical (unpaired) electrons. The number of aryl methyl sites for hydroxylation is 1. The molecule has 0 aliphatic carbocycles. The lowest BCUT2D eigenvalue weighted by atomic mass is 10.0. The summed E-state index contributed by atoms with van der Waals surface area (Å²) in [7, 11) is 0. The lowest BCUT2D eigenvalue weighted by Crippen LogP contribution is -2.25. The third-order valence-corrected chi connectivity index (χ3v) is 2.84. The Labute approximate surface area is 108 Å². The Kier molecular flexibility index (Phi) is 4.36. The van der Waals surface area contributed by atoms with Crippen LogP contribution in [0.4, 0.5) is 0 Å². The molecule has 0 spiro atoms. The van der Waals surface area contributed by atoms with Crippen LogP contribution in [-0.4, -0.2) is 21.5 Å². The Balaban J connectivity index is 2.34. The average molecular weight is 242 g/mol. The molecule has 0 saturated heterocycles. The largest absolute Gasteiger partial charge is 0.305 e. The van der Waals surface area contributed by atoms with E-state index in [-0.39, 0.29) is 6.04 Å². The fourth-order valence-corrected chi connectivity index (χ4v) is 1.92. The van der Waals surface area contributed by atoms with Crippen LogP contribution >= 0.6 is 0 Å². The lowest BCUT2D eigenvalue weighted by molar-refractivity contribution is 0.580. The Bertz CT molecular complexity index is 484. The normalized spacial score (nSPS) is 12.3. The van der Waals surface area contributed by atoms with Gasteiger partial charge in [-0.15, -0.1) is 0 Å². The molecule has 2 aromatic heterocycles. The quantitative estimate of drug-likeness (QED) is 0.873. The summed E-state index contributed by atoms with van der Waals surface area (Å²) in [4.78, 5) is 12.9. The van der Waals surface area contributed by atoms with Crippen molar-refractivity contribution in [2.75, 3.05) is 6.54 Å². The Morgan fingerprint density at radius 1 is 1.22 bits per heavy atom. The number of hydrogen-bond acceptors (Lipinski definition) is 4. The van der Waals surface area contributed by atoms with Gasteiger partial charge in [0, 0.05) is 24.3 Å². The van der Waals surface area contributed by atoms with E-state index in [0.29, 0.717) is 0 Å². The van der Waals surface area contributed by atoms with Crippen molar-refractivity contribution in [3.63, 3.8) is 0 Å². The van der Waals surface area contributed by atoms with Crippen LogP contribution in [0.5, 0.6) is 0 Å². The van der Waals surface area contributed by atoms with E-state index >= 15 is 0 Å². The van der Waals surface area contributed by atoms with Gasteiger partial charge in [-0.2, -0.15) is 0 Å². The molecule has 1 N–H and O–H groups in total. The maximum Gasteiger partial charge on any atom is 0.0802 e. The van der Waals surface area contributed by atoms with Gasteiger partial charge in [0.15, 0.2) is 0 Å². The van der Waals surface area contributed by atoms with Gasteiger partial charge in [-0.05, 0) is 31.5 Å². The zero-order valence-electron chi connectivity index (χ0n) is 10.8. The molecule has 2 heterocycles. The van der Waals surface area contributed by atoms with Gasteiger partial charge in [0.1, 0.15) is 0 Å². The Morgan fingerprint density at radius 2 is 2.11 bits per heavy atom. The molecule has 0 aliphatic heterocycles. The predicted octanol–water partition coefficient (Wildman–Crippen LogP) is 2.27. The summed E-state index contributed by atoms with van der Waals surface area (Å²) in [6, 6.07) is 4.11. The van der Waals surface area contributed by atoms with Gasteiger partial charge in [0.2, 0.25) is 0 Å². The lowest BCUT2D eigenvalue weighted by Gasteiger charge is -2.19. The van der Waals surface area contributed by atoms with E-state index in [2.05, 4.69) is 33.3 Å². The van der Waals surface area contributed by atoms with Crippen molar-refractivity contribution in [1.82, 2.24) is 20.3 Å². The monoisotopic (exact) mass is 242 g/mol. The van der Waals surface area contributed by atoms with E-state index in [4.69, 9.17) is 0 Å². The van der Waals surface area contributed by atoms with E-state index in [1.165, 1.54) is 0 Å². The minimum atomic E-state index is 0.0624. The van der Waals surface area contributed by atoms with E-state index in [1.807, 2.05) is 19.2 Å². The second kappa shape index (κ2) is 6.21. The van der Waals surface area contributed by atoms with Gasteiger partial charge in [0.05, 0.1) is 17.9 Å². The third-order valence-electron chi connectivity index (χ3n) is 2.84. The second-order valence-electron chi connectivity index (χ2n) is 4.20. The van der Waals surface area contributed by atoms with Crippen LogP contribution < -0.4 is 5.32 Å². The van der Waals surface area contributed by atoms with Gasteiger partial charge >= 0.3 is 0 Å². The van der Waals surface area contributed by atoms with Crippen LogP contribution in [0.2, 0.25) is 0 Å². The van der Waals surface area contributed by atoms with E-state index in [1.54, 1.807) is 18.6 Å². The molecule has 4 nitrogen and oxygen atoms in total. The topological polar surface area (TPSA) is 50.7 Å². The van der Waals surface area contributed by atoms with Crippen LogP contribution in [0.3, 0.4) is 0 Å². The fourth-order valence-electron chi connectivity index (χ4n) is 1.92. The van der Waals surface area contributed by atoms with E-state index in [0.717, 1.165) is 29.9 Å². The highest BCUT2D eigenvalue weighted by Crippen LogP contribution is 2.21.